The predicted octanol–water partition coefficient (Wildman–Crippen LogP) is 2.37. The van der Waals surface area contributed by atoms with Crippen molar-refractivity contribution in [3.8, 4) is 5.69 Å². The van der Waals surface area contributed by atoms with Crippen LogP contribution in [-0.2, 0) is 9.53 Å². The maximum atomic E-state index is 12.4. The van der Waals surface area contributed by atoms with Crippen molar-refractivity contribution in [2.45, 2.75) is 25.9 Å². The maximum Gasteiger partial charge on any atom is 0.233 e. The third-order valence-corrected chi connectivity index (χ3v) is 5.56. The molecule has 1 aliphatic heterocycles. The van der Waals surface area contributed by atoms with Crippen LogP contribution in [-0.4, -0.2) is 70.7 Å². The minimum atomic E-state index is 0.122. The van der Waals surface area contributed by atoms with E-state index in [0.717, 1.165) is 43.0 Å². The van der Waals surface area contributed by atoms with Crippen molar-refractivity contribution in [3.05, 3.63) is 29.8 Å². The summed E-state index contributed by atoms with van der Waals surface area (Å²) in [5.74, 6) is 1.28. The summed E-state index contributed by atoms with van der Waals surface area (Å²) in [5, 5.41) is 9.57. The van der Waals surface area contributed by atoms with E-state index in [2.05, 4.69) is 46.3 Å². The van der Waals surface area contributed by atoms with Crippen LogP contribution < -0.4 is 4.90 Å². The first-order valence-corrected chi connectivity index (χ1v) is 10.4. The normalized spacial score (nSPS) is 14.4. The lowest BCUT2D eigenvalue weighted by Gasteiger charge is -2.28. The van der Waals surface area contributed by atoms with Crippen LogP contribution in [0.2, 0.25) is 0 Å². The Morgan fingerprint density at radius 2 is 1.81 bits per heavy atom. The third-order valence-electron chi connectivity index (χ3n) is 4.64. The standard InChI is InChI=1S/C19H27N5O2S/c1-4-22(5-2)17(25)14-27-19-21-20-18(23-10-12-26-13-11-23)24(19)16-8-6-15(3)7-9-16/h6-9H,4-5,10-14H2,1-3H3. The van der Waals surface area contributed by atoms with Gasteiger partial charge in [0.05, 0.1) is 24.7 Å². The van der Waals surface area contributed by atoms with E-state index in [1.54, 1.807) is 0 Å². The number of thioether (sulfide) groups is 1. The molecular formula is C19H27N5O2S. The first-order chi connectivity index (χ1) is 13.1. The van der Waals surface area contributed by atoms with Crippen molar-refractivity contribution in [3.63, 3.8) is 0 Å². The van der Waals surface area contributed by atoms with Gasteiger partial charge in [-0.15, -0.1) is 10.2 Å². The van der Waals surface area contributed by atoms with Gasteiger partial charge in [-0.2, -0.15) is 0 Å². The van der Waals surface area contributed by atoms with Gasteiger partial charge in [-0.25, -0.2) is 0 Å². The highest BCUT2D eigenvalue weighted by atomic mass is 32.2. The van der Waals surface area contributed by atoms with Crippen LogP contribution in [0.4, 0.5) is 5.95 Å². The first-order valence-electron chi connectivity index (χ1n) is 9.39. The zero-order valence-corrected chi connectivity index (χ0v) is 17.0. The van der Waals surface area contributed by atoms with Gasteiger partial charge in [-0.05, 0) is 32.9 Å². The van der Waals surface area contributed by atoms with E-state index < -0.39 is 0 Å². The van der Waals surface area contributed by atoms with Crippen molar-refractivity contribution in [2.75, 3.05) is 50.0 Å². The molecule has 8 heteroatoms. The van der Waals surface area contributed by atoms with Crippen molar-refractivity contribution >= 4 is 23.6 Å². The Balaban J connectivity index is 1.87. The molecular weight excluding hydrogens is 362 g/mol. The number of aryl methyl sites for hydroxylation is 1. The molecule has 3 rings (SSSR count). The van der Waals surface area contributed by atoms with Crippen molar-refractivity contribution in [1.29, 1.82) is 0 Å². The molecule has 27 heavy (non-hydrogen) atoms. The molecule has 1 saturated heterocycles. The molecule has 0 bridgehead atoms. The van der Waals surface area contributed by atoms with Gasteiger partial charge in [0.25, 0.3) is 0 Å². The average molecular weight is 390 g/mol. The molecule has 1 aromatic carbocycles. The minimum Gasteiger partial charge on any atom is -0.378 e. The summed E-state index contributed by atoms with van der Waals surface area (Å²) in [6.45, 7) is 10.4. The number of hydrogen-bond donors (Lipinski definition) is 0. The van der Waals surface area contributed by atoms with Crippen LogP contribution in [0.25, 0.3) is 5.69 Å². The molecule has 1 aromatic heterocycles. The fourth-order valence-corrected chi connectivity index (χ4v) is 3.89. The van der Waals surface area contributed by atoms with E-state index in [4.69, 9.17) is 4.74 Å². The van der Waals surface area contributed by atoms with E-state index >= 15 is 0 Å². The highest BCUT2D eigenvalue weighted by Crippen LogP contribution is 2.27. The predicted molar refractivity (Wildman–Crippen MR) is 108 cm³/mol. The monoisotopic (exact) mass is 389 g/mol. The van der Waals surface area contributed by atoms with E-state index in [-0.39, 0.29) is 5.91 Å². The molecule has 1 fully saturated rings. The summed E-state index contributed by atoms with van der Waals surface area (Å²) in [6.07, 6.45) is 0. The molecule has 0 aliphatic carbocycles. The Hall–Kier alpha value is -2.06. The Bertz CT molecular complexity index is 752. The number of nitrogens with zero attached hydrogens (tertiary/aromatic N) is 5. The Morgan fingerprint density at radius 3 is 2.44 bits per heavy atom. The molecule has 7 nitrogen and oxygen atoms in total. The molecule has 0 radical (unpaired) electrons. The van der Waals surface area contributed by atoms with E-state index in [0.29, 0.717) is 19.0 Å². The Kier molecular flexibility index (Phi) is 6.73. The van der Waals surface area contributed by atoms with Gasteiger partial charge in [-0.3, -0.25) is 9.36 Å². The van der Waals surface area contributed by atoms with Gasteiger partial charge in [0.1, 0.15) is 0 Å². The summed E-state index contributed by atoms with van der Waals surface area (Å²) >= 11 is 1.44. The average Bonchev–Trinajstić information content (AvgIpc) is 3.12. The number of carbonyl (C=O) groups is 1. The number of amides is 1. The van der Waals surface area contributed by atoms with Crippen LogP contribution in [0.5, 0.6) is 0 Å². The zero-order chi connectivity index (χ0) is 19.2. The van der Waals surface area contributed by atoms with Crippen LogP contribution >= 0.6 is 11.8 Å². The van der Waals surface area contributed by atoms with E-state index in [1.165, 1.54) is 17.3 Å². The van der Waals surface area contributed by atoms with E-state index in [1.807, 2.05) is 23.3 Å². The van der Waals surface area contributed by atoms with Crippen LogP contribution in [0.15, 0.2) is 29.4 Å². The molecule has 0 saturated carbocycles. The summed E-state index contributed by atoms with van der Waals surface area (Å²) in [7, 11) is 0. The summed E-state index contributed by atoms with van der Waals surface area (Å²) < 4.78 is 7.51. The lowest BCUT2D eigenvalue weighted by molar-refractivity contribution is -0.127. The Labute approximate surface area is 164 Å². The van der Waals surface area contributed by atoms with Gasteiger partial charge in [-0.1, -0.05) is 29.5 Å². The number of rotatable bonds is 7. The van der Waals surface area contributed by atoms with Crippen molar-refractivity contribution < 1.29 is 9.53 Å². The maximum absolute atomic E-state index is 12.4. The zero-order valence-electron chi connectivity index (χ0n) is 16.2. The van der Waals surface area contributed by atoms with Crippen LogP contribution in [0, 0.1) is 6.92 Å². The van der Waals surface area contributed by atoms with Crippen LogP contribution in [0.1, 0.15) is 19.4 Å². The fourth-order valence-electron chi connectivity index (χ4n) is 3.04. The quantitative estimate of drug-likeness (QED) is 0.678. The molecule has 0 N–H and O–H groups in total. The fraction of sp³-hybridized carbons (Fsp3) is 0.526. The number of morpholine rings is 1. The topological polar surface area (TPSA) is 63.5 Å². The lowest BCUT2D eigenvalue weighted by atomic mass is 10.2. The van der Waals surface area contributed by atoms with Gasteiger partial charge >= 0.3 is 0 Å². The Morgan fingerprint density at radius 1 is 1.15 bits per heavy atom. The number of hydrogen-bond acceptors (Lipinski definition) is 6. The van der Waals surface area contributed by atoms with Crippen LogP contribution in [0.3, 0.4) is 0 Å². The lowest BCUT2D eigenvalue weighted by Crippen LogP contribution is -2.37. The highest BCUT2D eigenvalue weighted by Gasteiger charge is 2.22. The molecule has 2 aromatic rings. The summed E-state index contributed by atoms with van der Waals surface area (Å²) in [4.78, 5) is 16.4. The highest BCUT2D eigenvalue weighted by molar-refractivity contribution is 7.99. The molecule has 0 atom stereocenters. The third kappa shape index (κ3) is 4.62. The van der Waals surface area contributed by atoms with Gasteiger partial charge < -0.3 is 14.5 Å². The van der Waals surface area contributed by atoms with Gasteiger partial charge in [0.2, 0.25) is 11.9 Å². The molecule has 0 spiro atoms. The second-order valence-electron chi connectivity index (χ2n) is 6.41. The minimum absolute atomic E-state index is 0.122. The molecule has 1 aliphatic rings. The summed E-state index contributed by atoms with van der Waals surface area (Å²) in [6, 6.07) is 8.29. The van der Waals surface area contributed by atoms with Crippen molar-refractivity contribution in [1.82, 2.24) is 19.7 Å². The first kappa shape index (κ1) is 19.7. The molecule has 146 valence electrons. The SMILES string of the molecule is CCN(CC)C(=O)CSc1nnc(N2CCOCC2)n1-c1ccc(C)cc1. The number of benzene rings is 1. The molecule has 1 amide bonds. The number of anilines is 1. The molecule has 2 heterocycles. The molecule has 0 unspecified atom stereocenters. The number of ether oxygens (including phenoxy) is 1. The van der Waals surface area contributed by atoms with Gasteiger partial charge in [0, 0.05) is 26.2 Å². The number of aromatic nitrogens is 3. The second kappa shape index (κ2) is 9.23. The van der Waals surface area contributed by atoms with Gasteiger partial charge in [0.15, 0.2) is 5.16 Å². The summed E-state index contributed by atoms with van der Waals surface area (Å²) in [5.41, 5.74) is 2.20. The smallest absolute Gasteiger partial charge is 0.233 e. The number of carbonyl (C=O) groups excluding carboxylic acids is 1. The second-order valence-corrected chi connectivity index (χ2v) is 7.35. The van der Waals surface area contributed by atoms with Crippen molar-refractivity contribution in [2.24, 2.45) is 0 Å². The van der Waals surface area contributed by atoms with E-state index in [9.17, 15) is 4.79 Å². The largest absolute Gasteiger partial charge is 0.378 e.